The van der Waals surface area contributed by atoms with E-state index in [2.05, 4.69) is 31.9 Å². The second-order valence-corrected chi connectivity index (χ2v) is 3.85. The fourth-order valence-corrected chi connectivity index (χ4v) is 1.37. The molecule has 2 atom stereocenters. The maximum Gasteiger partial charge on any atom is 0.0193 e. The molecule has 0 bridgehead atoms. The summed E-state index contributed by atoms with van der Waals surface area (Å²) in [7, 11) is 0. The topological polar surface area (TPSA) is 29.3 Å². The summed E-state index contributed by atoms with van der Waals surface area (Å²) in [6.45, 7) is 14.5. The van der Waals surface area contributed by atoms with Gasteiger partial charge in [-0.1, -0.05) is 32.4 Å². The molecule has 2 N–H and O–H groups in total. The molecular weight excluding hydrogens is 172 g/mol. The van der Waals surface area contributed by atoms with Crippen molar-refractivity contribution in [1.29, 1.82) is 0 Å². The molecule has 2 nitrogen and oxygen atoms in total. The molecule has 0 aromatic carbocycles. The number of rotatable bonds is 8. The molecule has 0 radical (unpaired) electrons. The SMILES string of the molecule is C=CCN(CC=C)CC(N)C(C)CC. The Morgan fingerprint density at radius 3 is 2.14 bits per heavy atom. The Hall–Kier alpha value is -0.600. The lowest BCUT2D eigenvalue weighted by Gasteiger charge is -2.26. The van der Waals surface area contributed by atoms with Crippen LogP contribution in [0.25, 0.3) is 0 Å². The van der Waals surface area contributed by atoms with Gasteiger partial charge in [0.15, 0.2) is 0 Å². The third kappa shape index (κ3) is 5.20. The van der Waals surface area contributed by atoms with Crippen LogP contribution in [0, 0.1) is 5.92 Å². The van der Waals surface area contributed by atoms with E-state index >= 15 is 0 Å². The molecule has 0 fully saturated rings. The van der Waals surface area contributed by atoms with Crippen LogP contribution in [-0.4, -0.2) is 30.6 Å². The van der Waals surface area contributed by atoms with Crippen LogP contribution in [0.3, 0.4) is 0 Å². The van der Waals surface area contributed by atoms with Gasteiger partial charge in [0.1, 0.15) is 0 Å². The van der Waals surface area contributed by atoms with E-state index in [-0.39, 0.29) is 6.04 Å². The van der Waals surface area contributed by atoms with Crippen LogP contribution < -0.4 is 5.73 Å². The highest BCUT2D eigenvalue weighted by molar-refractivity contribution is 4.83. The van der Waals surface area contributed by atoms with E-state index in [1.165, 1.54) is 0 Å². The van der Waals surface area contributed by atoms with Crippen molar-refractivity contribution in [3.63, 3.8) is 0 Å². The zero-order valence-electron chi connectivity index (χ0n) is 9.58. The van der Waals surface area contributed by atoms with Gasteiger partial charge in [-0.3, -0.25) is 4.90 Å². The van der Waals surface area contributed by atoms with Gasteiger partial charge in [0, 0.05) is 25.7 Å². The molecule has 2 unspecified atom stereocenters. The predicted octanol–water partition coefficient (Wildman–Crippen LogP) is 2.03. The molecule has 0 saturated heterocycles. The highest BCUT2D eigenvalue weighted by Gasteiger charge is 2.13. The lowest BCUT2D eigenvalue weighted by Crippen LogP contribution is -2.41. The molecule has 0 rings (SSSR count). The zero-order valence-corrected chi connectivity index (χ0v) is 9.58. The third-order valence-electron chi connectivity index (χ3n) is 2.62. The molecule has 0 aliphatic carbocycles. The zero-order chi connectivity index (χ0) is 11.0. The average molecular weight is 196 g/mol. The first-order chi connectivity index (χ1) is 6.65. The summed E-state index contributed by atoms with van der Waals surface area (Å²) in [5.41, 5.74) is 6.08. The van der Waals surface area contributed by atoms with Gasteiger partial charge in [-0.15, -0.1) is 13.2 Å². The molecule has 82 valence electrons. The third-order valence-corrected chi connectivity index (χ3v) is 2.62. The van der Waals surface area contributed by atoms with Gasteiger partial charge in [0.05, 0.1) is 0 Å². The maximum atomic E-state index is 6.08. The van der Waals surface area contributed by atoms with E-state index in [0.717, 1.165) is 26.1 Å². The number of nitrogens with zero attached hydrogens (tertiary/aromatic N) is 1. The predicted molar refractivity (Wildman–Crippen MR) is 64.3 cm³/mol. The maximum absolute atomic E-state index is 6.08. The Morgan fingerprint density at radius 1 is 1.29 bits per heavy atom. The summed E-state index contributed by atoms with van der Waals surface area (Å²) in [6.07, 6.45) is 4.96. The molecule has 0 aromatic rings. The second-order valence-electron chi connectivity index (χ2n) is 3.85. The van der Waals surface area contributed by atoms with Crippen LogP contribution in [0.1, 0.15) is 20.3 Å². The van der Waals surface area contributed by atoms with E-state index in [0.29, 0.717) is 5.92 Å². The van der Waals surface area contributed by atoms with Crippen molar-refractivity contribution in [2.45, 2.75) is 26.3 Å². The quantitative estimate of drug-likeness (QED) is 0.602. The minimum atomic E-state index is 0.250. The number of hydrogen-bond acceptors (Lipinski definition) is 2. The minimum Gasteiger partial charge on any atom is -0.326 e. The largest absolute Gasteiger partial charge is 0.326 e. The Morgan fingerprint density at radius 2 is 1.79 bits per heavy atom. The van der Waals surface area contributed by atoms with E-state index < -0.39 is 0 Å². The van der Waals surface area contributed by atoms with E-state index in [9.17, 15) is 0 Å². The van der Waals surface area contributed by atoms with Gasteiger partial charge in [0.25, 0.3) is 0 Å². The molecule has 0 spiro atoms. The van der Waals surface area contributed by atoms with Gasteiger partial charge in [-0.25, -0.2) is 0 Å². The van der Waals surface area contributed by atoms with Crippen molar-refractivity contribution >= 4 is 0 Å². The van der Waals surface area contributed by atoms with Crippen LogP contribution in [-0.2, 0) is 0 Å². The van der Waals surface area contributed by atoms with Crippen LogP contribution in [0.4, 0.5) is 0 Å². The molecular formula is C12H24N2. The van der Waals surface area contributed by atoms with Gasteiger partial charge >= 0.3 is 0 Å². The van der Waals surface area contributed by atoms with Gasteiger partial charge in [-0.05, 0) is 5.92 Å². The van der Waals surface area contributed by atoms with Crippen LogP contribution in [0.15, 0.2) is 25.3 Å². The molecule has 0 amide bonds. The Labute approximate surface area is 88.5 Å². The summed E-state index contributed by atoms with van der Waals surface area (Å²) in [6, 6.07) is 0.250. The van der Waals surface area contributed by atoms with E-state index in [1.54, 1.807) is 0 Å². The summed E-state index contributed by atoms with van der Waals surface area (Å²) in [5, 5.41) is 0. The second kappa shape index (κ2) is 7.77. The highest BCUT2D eigenvalue weighted by Crippen LogP contribution is 2.06. The Balaban J connectivity index is 3.99. The van der Waals surface area contributed by atoms with Gasteiger partial charge < -0.3 is 5.73 Å². The first-order valence-electron chi connectivity index (χ1n) is 5.35. The molecule has 0 aliphatic heterocycles. The van der Waals surface area contributed by atoms with Gasteiger partial charge in [-0.2, -0.15) is 0 Å². The summed E-state index contributed by atoms with van der Waals surface area (Å²) in [5.74, 6) is 0.576. The van der Waals surface area contributed by atoms with Crippen molar-refractivity contribution in [2.75, 3.05) is 19.6 Å². The fourth-order valence-electron chi connectivity index (χ4n) is 1.37. The number of nitrogens with two attached hydrogens (primary N) is 1. The molecule has 0 aliphatic rings. The van der Waals surface area contributed by atoms with Crippen molar-refractivity contribution in [3.05, 3.63) is 25.3 Å². The summed E-state index contributed by atoms with van der Waals surface area (Å²) >= 11 is 0. The molecule has 2 heteroatoms. The lowest BCUT2D eigenvalue weighted by molar-refractivity contribution is 0.273. The monoisotopic (exact) mass is 196 g/mol. The summed E-state index contributed by atoms with van der Waals surface area (Å²) in [4.78, 5) is 2.26. The normalized spacial score (nSPS) is 15.1. The van der Waals surface area contributed by atoms with Crippen LogP contribution >= 0.6 is 0 Å². The van der Waals surface area contributed by atoms with E-state index in [1.807, 2.05) is 12.2 Å². The van der Waals surface area contributed by atoms with Crippen molar-refractivity contribution in [1.82, 2.24) is 4.90 Å². The first kappa shape index (κ1) is 13.4. The Bertz CT molecular complexity index is 156. The first-order valence-corrected chi connectivity index (χ1v) is 5.35. The number of hydrogen-bond donors (Lipinski definition) is 1. The molecule has 0 heterocycles. The smallest absolute Gasteiger partial charge is 0.0193 e. The molecule has 0 saturated carbocycles. The van der Waals surface area contributed by atoms with Crippen molar-refractivity contribution < 1.29 is 0 Å². The highest BCUT2D eigenvalue weighted by atomic mass is 15.1. The van der Waals surface area contributed by atoms with Crippen LogP contribution in [0.2, 0.25) is 0 Å². The average Bonchev–Trinajstić information content (AvgIpc) is 2.17. The summed E-state index contributed by atoms with van der Waals surface area (Å²) < 4.78 is 0. The molecule has 0 aromatic heterocycles. The Kier molecular flexibility index (Phi) is 7.44. The van der Waals surface area contributed by atoms with E-state index in [4.69, 9.17) is 5.73 Å². The van der Waals surface area contributed by atoms with Gasteiger partial charge in [0.2, 0.25) is 0 Å². The lowest BCUT2D eigenvalue weighted by atomic mass is 9.99. The van der Waals surface area contributed by atoms with Crippen molar-refractivity contribution in [3.8, 4) is 0 Å². The fraction of sp³-hybridized carbons (Fsp3) is 0.667. The molecule has 14 heavy (non-hydrogen) atoms. The minimum absolute atomic E-state index is 0.250. The van der Waals surface area contributed by atoms with Crippen molar-refractivity contribution in [2.24, 2.45) is 11.7 Å². The van der Waals surface area contributed by atoms with Crippen LogP contribution in [0.5, 0.6) is 0 Å². The standard InChI is InChI=1S/C12H24N2/c1-5-8-14(9-6-2)10-12(13)11(4)7-3/h5-6,11-12H,1-2,7-10,13H2,3-4H3.